The van der Waals surface area contributed by atoms with Gasteiger partial charge in [0.2, 0.25) is 11.7 Å². The van der Waals surface area contributed by atoms with Gasteiger partial charge in [-0.3, -0.25) is 18.6 Å². The van der Waals surface area contributed by atoms with Crippen molar-refractivity contribution in [3.05, 3.63) is 70.5 Å². The van der Waals surface area contributed by atoms with Gasteiger partial charge in [0, 0.05) is 14.1 Å². The summed E-state index contributed by atoms with van der Waals surface area (Å²) in [5, 5.41) is 9.72. The van der Waals surface area contributed by atoms with E-state index in [1.807, 2.05) is 52.9 Å². The minimum absolute atomic E-state index is 0.0105. The number of para-hydroxylation sites is 1. The fourth-order valence-electron chi connectivity index (χ4n) is 2.99. The molecule has 0 N–H and O–H groups in total. The highest BCUT2D eigenvalue weighted by atomic mass is 32.2. The number of thioether (sulfide) groups is 1. The molecule has 0 unspecified atom stereocenters. The first-order valence-corrected chi connectivity index (χ1v) is 9.78. The number of carbonyl (C=O) groups excluding carboxylic acids is 1. The molecule has 7 nitrogen and oxygen atoms in total. The average Bonchev–Trinajstić information content (AvgIpc) is 3.14. The van der Waals surface area contributed by atoms with Crippen LogP contribution in [0.1, 0.15) is 5.56 Å². The van der Waals surface area contributed by atoms with E-state index in [1.54, 1.807) is 29.6 Å². The van der Waals surface area contributed by atoms with Gasteiger partial charge < -0.3 is 4.90 Å². The second kappa shape index (κ2) is 7.47. The first-order chi connectivity index (χ1) is 13.6. The molecule has 2 heterocycles. The van der Waals surface area contributed by atoms with E-state index < -0.39 is 0 Å². The smallest absolute Gasteiger partial charge is 0.263 e. The predicted molar refractivity (Wildman–Crippen MR) is 110 cm³/mol. The maximum atomic E-state index is 13.1. The van der Waals surface area contributed by atoms with E-state index in [0.29, 0.717) is 22.9 Å². The number of hydrogen-bond donors (Lipinski definition) is 0. The number of aromatic nitrogens is 4. The minimum Gasteiger partial charge on any atom is -0.348 e. The molecule has 0 fully saturated rings. The van der Waals surface area contributed by atoms with E-state index in [2.05, 4.69) is 10.2 Å². The molecule has 0 bridgehead atoms. The van der Waals surface area contributed by atoms with Crippen LogP contribution in [0.2, 0.25) is 0 Å². The molecule has 2 aromatic carbocycles. The molecule has 0 aliphatic carbocycles. The Hall–Kier alpha value is -3.13. The molecule has 0 saturated heterocycles. The van der Waals surface area contributed by atoms with Crippen molar-refractivity contribution in [1.82, 2.24) is 24.1 Å². The third-order valence-electron chi connectivity index (χ3n) is 4.49. The van der Waals surface area contributed by atoms with Gasteiger partial charge in [-0.25, -0.2) is 0 Å². The SMILES string of the molecule is CN(C)C(=O)CSc1nnc2n(Cc3ccccc3)c(=O)c3ccccc3n12. The van der Waals surface area contributed by atoms with Gasteiger partial charge in [-0.1, -0.05) is 54.2 Å². The van der Waals surface area contributed by atoms with Crippen LogP contribution < -0.4 is 5.56 Å². The summed E-state index contributed by atoms with van der Waals surface area (Å²) >= 11 is 1.31. The van der Waals surface area contributed by atoms with Crippen molar-refractivity contribution in [2.75, 3.05) is 19.8 Å². The van der Waals surface area contributed by atoms with Crippen molar-refractivity contribution in [3.63, 3.8) is 0 Å². The lowest BCUT2D eigenvalue weighted by molar-refractivity contribution is -0.125. The first-order valence-electron chi connectivity index (χ1n) is 8.80. The lowest BCUT2D eigenvalue weighted by atomic mass is 10.2. The molecule has 0 spiro atoms. The Morgan fingerprint density at radius 2 is 1.75 bits per heavy atom. The highest BCUT2D eigenvalue weighted by molar-refractivity contribution is 7.99. The predicted octanol–water partition coefficient (Wildman–Crippen LogP) is 2.27. The quantitative estimate of drug-likeness (QED) is 0.487. The summed E-state index contributed by atoms with van der Waals surface area (Å²) in [6.07, 6.45) is 0. The Kier molecular flexibility index (Phi) is 4.87. The first kappa shape index (κ1) is 18.2. The van der Waals surface area contributed by atoms with Gasteiger partial charge in [-0.2, -0.15) is 0 Å². The molecule has 0 aliphatic heterocycles. The number of fused-ring (bicyclic) bond motifs is 3. The third kappa shape index (κ3) is 3.27. The molecule has 0 radical (unpaired) electrons. The summed E-state index contributed by atoms with van der Waals surface area (Å²) in [4.78, 5) is 26.7. The van der Waals surface area contributed by atoms with E-state index in [9.17, 15) is 9.59 Å². The van der Waals surface area contributed by atoms with Crippen molar-refractivity contribution in [2.24, 2.45) is 0 Å². The number of nitrogens with zero attached hydrogens (tertiary/aromatic N) is 5. The standard InChI is InChI=1S/C20H19N5O2S/c1-23(2)17(26)13-28-20-22-21-19-24(12-14-8-4-3-5-9-14)18(27)15-10-6-7-11-16(15)25(19)20/h3-11H,12-13H2,1-2H3. The number of amides is 1. The van der Waals surface area contributed by atoms with Gasteiger partial charge in [0.25, 0.3) is 5.56 Å². The zero-order valence-corrected chi connectivity index (χ0v) is 16.4. The van der Waals surface area contributed by atoms with Gasteiger partial charge in [0.1, 0.15) is 0 Å². The van der Waals surface area contributed by atoms with Crippen molar-refractivity contribution >= 4 is 34.3 Å². The molecule has 0 aliphatic rings. The fourth-order valence-corrected chi connectivity index (χ4v) is 3.91. The highest BCUT2D eigenvalue weighted by Crippen LogP contribution is 2.22. The van der Waals surface area contributed by atoms with E-state index in [4.69, 9.17) is 0 Å². The van der Waals surface area contributed by atoms with Gasteiger partial charge in [-0.05, 0) is 17.7 Å². The van der Waals surface area contributed by atoms with Crippen LogP contribution in [0, 0.1) is 0 Å². The lowest BCUT2D eigenvalue weighted by Gasteiger charge is -2.12. The van der Waals surface area contributed by atoms with Gasteiger partial charge in [-0.15, -0.1) is 10.2 Å². The minimum atomic E-state index is -0.111. The molecule has 142 valence electrons. The number of rotatable bonds is 5. The van der Waals surface area contributed by atoms with Crippen LogP contribution >= 0.6 is 11.8 Å². The zero-order valence-electron chi connectivity index (χ0n) is 15.6. The summed E-state index contributed by atoms with van der Waals surface area (Å²) in [6.45, 7) is 0.396. The number of hydrogen-bond acceptors (Lipinski definition) is 5. The van der Waals surface area contributed by atoms with Crippen molar-refractivity contribution in [2.45, 2.75) is 11.7 Å². The van der Waals surface area contributed by atoms with Crippen LogP contribution in [0.4, 0.5) is 0 Å². The molecule has 4 aromatic rings. The van der Waals surface area contributed by atoms with Crippen molar-refractivity contribution in [3.8, 4) is 0 Å². The van der Waals surface area contributed by atoms with Crippen molar-refractivity contribution in [1.29, 1.82) is 0 Å². The largest absolute Gasteiger partial charge is 0.348 e. The summed E-state index contributed by atoms with van der Waals surface area (Å²) in [5.74, 6) is 0.705. The van der Waals surface area contributed by atoms with Crippen LogP contribution in [0.3, 0.4) is 0 Å². The van der Waals surface area contributed by atoms with Crippen molar-refractivity contribution < 1.29 is 4.79 Å². The lowest BCUT2D eigenvalue weighted by Crippen LogP contribution is -2.24. The number of carbonyl (C=O) groups is 1. The monoisotopic (exact) mass is 393 g/mol. The Labute approximate surface area is 165 Å². The topological polar surface area (TPSA) is 72.5 Å². The second-order valence-corrected chi connectivity index (χ2v) is 7.53. The maximum Gasteiger partial charge on any atom is 0.263 e. The summed E-state index contributed by atoms with van der Waals surface area (Å²) < 4.78 is 3.48. The normalized spacial score (nSPS) is 11.2. The fraction of sp³-hybridized carbons (Fsp3) is 0.200. The van der Waals surface area contributed by atoms with E-state index in [1.165, 1.54) is 11.8 Å². The molecule has 0 saturated carbocycles. The van der Waals surface area contributed by atoms with Gasteiger partial charge >= 0.3 is 0 Å². The highest BCUT2D eigenvalue weighted by Gasteiger charge is 2.18. The van der Waals surface area contributed by atoms with Crippen LogP contribution in [0.15, 0.2) is 64.5 Å². The third-order valence-corrected chi connectivity index (χ3v) is 5.40. The second-order valence-electron chi connectivity index (χ2n) is 6.59. The molecular formula is C20H19N5O2S. The van der Waals surface area contributed by atoms with Gasteiger partial charge in [0.05, 0.1) is 23.2 Å². The van der Waals surface area contributed by atoms with E-state index in [-0.39, 0.29) is 17.2 Å². The van der Waals surface area contributed by atoms with Crippen LogP contribution in [0.25, 0.3) is 16.7 Å². The van der Waals surface area contributed by atoms with Crippen LogP contribution in [0.5, 0.6) is 0 Å². The average molecular weight is 393 g/mol. The summed E-state index contributed by atoms with van der Waals surface area (Å²) in [7, 11) is 3.44. The molecule has 4 rings (SSSR count). The summed E-state index contributed by atoms with van der Waals surface area (Å²) in [5.41, 5.74) is 1.62. The molecular weight excluding hydrogens is 374 g/mol. The zero-order chi connectivity index (χ0) is 19.7. The van der Waals surface area contributed by atoms with Gasteiger partial charge in [0.15, 0.2) is 5.16 Å². The molecule has 0 atom stereocenters. The Bertz CT molecular complexity index is 1210. The molecule has 2 aromatic heterocycles. The maximum absolute atomic E-state index is 13.1. The Morgan fingerprint density at radius 1 is 1.04 bits per heavy atom. The molecule has 8 heteroatoms. The van der Waals surface area contributed by atoms with Crippen LogP contribution in [-0.2, 0) is 11.3 Å². The van der Waals surface area contributed by atoms with E-state index >= 15 is 0 Å². The summed E-state index contributed by atoms with van der Waals surface area (Å²) in [6, 6.07) is 17.2. The Balaban J connectivity index is 1.88. The molecule has 28 heavy (non-hydrogen) atoms. The Morgan fingerprint density at radius 3 is 2.50 bits per heavy atom. The van der Waals surface area contributed by atoms with E-state index in [0.717, 1.165) is 11.1 Å². The molecule has 1 amide bonds. The number of benzene rings is 2. The van der Waals surface area contributed by atoms with Crippen LogP contribution in [-0.4, -0.2) is 49.8 Å².